The van der Waals surface area contributed by atoms with E-state index in [1.165, 1.54) is 25.3 Å². The molecule has 1 aromatic rings. The van der Waals surface area contributed by atoms with E-state index in [1.807, 2.05) is 0 Å². The summed E-state index contributed by atoms with van der Waals surface area (Å²) in [5.74, 6) is -0.376. The lowest BCUT2D eigenvalue weighted by Gasteiger charge is -2.11. The van der Waals surface area contributed by atoms with Gasteiger partial charge in [-0.05, 0) is 11.6 Å². The molecule has 0 amide bonds. The van der Waals surface area contributed by atoms with Crippen molar-refractivity contribution < 1.29 is 22.7 Å². The van der Waals surface area contributed by atoms with E-state index < -0.39 is 11.7 Å². The van der Waals surface area contributed by atoms with Gasteiger partial charge in [-0.15, -0.1) is 0 Å². The second-order valence-corrected chi connectivity index (χ2v) is 3.30. The molecule has 0 aliphatic carbocycles. The Labute approximate surface area is 91.0 Å². The number of ketones is 1. The maximum absolute atomic E-state index is 12.5. The van der Waals surface area contributed by atoms with Crippen molar-refractivity contribution in [3.05, 3.63) is 35.4 Å². The van der Waals surface area contributed by atoms with E-state index in [0.29, 0.717) is 0 Å². The standard InChI is InChI=1S/C11H11F3O2/c1-16-7-9(15)6-8-4-2-3-5-10(8)11(12,13)14/h2-5H,6-7H2,1H3. The van der Waals surface area contributed by atoms with Crippen molar-refractivity contribution in [1.82, 2.24) is 0 Å². The van der Waals surface area contributed by atoms with Gasteiger partial charge in [-0.25, -0.2) is 0 Å². The largest absolute Gasteiger partial charge is 0.416 e. The fourth-order valence-corrected chi connectivity index (χ4v) is 1.38. The molecule has 0 N–H and O–H groups in total. The maximum atomic E-state index is 12.5. The van der Waals surface area contributed by atoms with Crippen molar-refractivity contribution in [3.8, 4) is 0 Å². The lowest BCUT2D eigenvalue weighted by Crippen LogP contribution is -2.15. The molecule has 0 atom stereocenters. The van der Waals surface area contributed by atoms with E-state index in [0.717, 1.165) is 6.07 Å². The van der Waals surface area contributed by atoms with Crippen LogP contribution in [0.1, 0.15) is 11.1 Å². The zero-order chi connectivity index (χ0) is 12.2. The Morgan fingerprint density at radius 1 is 1.31 bits per heavy atom. The average Bonchev–Trinajstić information content (AvgIpc) is 2.17. The summed E-state index contributed by atoms with van der Waals surface area (Å²) in [5.41, 5.74) is -0.781. The third kappa shape index (κ3) is 3.34. The van der Waals surface area contributed by atoms with Gasteiger partial charge in [0.05, 0.1) is 5.56 Å². The van der Waals surface area contributed by atoms with Crippen LogP contribution in [0.4, 0.5) is 13.2 Å². The predicted molar refractivity (Wildman–Crippen MR) is 52.0 cm³/mol. The van der Waals surface area contributed by atoms with Crippen LogP contribution in [0.15, 0.2) is 24.3 Å². The zero-order valence-corrected chi connectivity index (χ0v) is 8.67. The highest BCUT2D eigenvalue weighted by Crippen LogP contribution is 2.31. The number of methoxy groups -OCH3 is 1. The summed E-state index contributed by atoms with van der Waals surface area (Å²) in [5, 5.41) is 0. The summed E-state index contributed by atoms with van der Waals surface area (Å²) in [7, 11) is 1.33. The number of Topliss-reactive ketones (excluding diaryl/α,β-unsaturated/α-hetero) is 1. The molecule has 0 aliphatic rings. The van der Waals surface area contributed by atoms with E-state index in [4.69, 9.17) is 0 Å². The van der Waals surface area contributed by atoms with Crippen molar-refractivity contribution >= 4 is 5.78 Å². The molecule has 0 spiro atoms. The number of rotatable bonds is 4. The monoisotopic (exact) mass is 232 g/mol. The number of carbonyl (C=O) groups is 1. The lowest BCUT2D eigenvalue weighted by molar-refractivity contribution is -0.138. The van der Waals surface area contributed by atoms with Gasteiger partial charge in [-0.1, -0.05) is 18.2 Å². The number of hydrogen-bond acceptors (Lipinski definition) is 2. The molecule has 0 saturated heterocycles. The van der Waals surface area contributed by atoms with Gasteiger partial charge in [-0.2, -0.15) is 13.2 Å². The first-order valence-electron chi connectivity index (χ1n) is 4.61. The number of carbonyl (C=O) groups excluding carboxylic acids is 1. The van der Waals surface area contributed by atoms with Crippen LogP contribution in [-0.2, 0) is 22.1 Å². The van der Waals surface area contributed by atoms with Crippen molar-refractivity contribution in [2.45, 2.75) is 12.6 Å². The molecule has 16 heavy (non-hydrogen) atoms. The minimum atomic E-state index is -4.43. The van der Waals surface area contributed by atoms with Crippen LogP contribution in [0.25, 0.3) is 0 Å². The van der Waals surface area contributed by atoms with Crippen LogP contribution in [0, 0.1) is 0 Å². The summed E-state index contributed by atoms with van der Waals surface area (Å²) >= 11 is 0. The van der Waals surface area contributed by atoms with E-state index in [-0.39, 0.29) is 24.4 Å². The van der Waals surface area contributed by atoms with Crippen molar-refractivity contribution in [2.24, 2.45) is 0 Å². The van der Waals surface area contributed by atoms with Gasteiger partial charge in [0.1, 0.15) is 6.61 Å². The van der Waals surface area contributed by atoms with Crippen LogP contribution < -0.4 is 0 Å². The van der Waals surface area contributed by atoms with Crippen molar-refractivity contribution in [2.75, 3.05) is 13.7 Å². The molecule has 1 aromatic carbocycles. The summed E-state index contributed by atoms with van der Waals surface area (Å²) in [4.78, 5) is 11.2. The smallest absolute Gasteiger partial charge is 0.377 e. The molecule has 0 unspecified atom stereocenters. The Morgan fingerprint density at radius 2 is 1.94 bits per heavy atom. The third-order valence-corrected chi connectivity index (χ3v) is 2.02. The molecule has 0 fully saturated rings. The summed E-state index contributed by atoms with van der Waals surface area (Å²) in [6.45, 7) is -0.174. The minimum absolute atomic E-state index is 0.0166. The number of halogens is 3. The van der Waals surface area contributed by atoms with Gasteiger partial charge in [0, 0.05) is 13.5 Å². The van der Waals surface area contributed by atoms with Gasteiger partial charge in [0.2, 0.25) is 0 Å². The van der Waals surface area contributed by atoms with Crippen LogP contribution in [0.2, 0.25) is 0 Å². The molecular formula is C11H11F3O2. The molecular weight excluding hydrogens is 221 g/mol. The summed E-state index contributed by atoms with van der Waals surface area (Å²) < 4.78 is 42.2. The first-order valence-corrected chi connectivity index (χ1v) is 4.61. The summed E-state index contributed by atoms with van der Waals surface area (Å²) in [6, 6.07) is 5.05. The number of benzene rings is 1. The fraction of sp³-hybridized carbons (Fsp3) is 0.364. The quantitative estimate of drug-likeness (QED) is 0.797. The average molecular weight is 232 g/mol. The van der Waals surface area contributed by atoms with Crippen molar-refractivity contribution in [1.29, 1.82) is 0 Å². The fourth-order valence-electron chi connectivity index (χ4n) is 1.38. The first-order chi connectivity index (χ1) is 7.45. The molecule has 0 heterocycles. The third-order valence-electron chi connectivity index (χ3n) is 2.02. The molecule has 0 aromatic heterocycles. The maximum Gasteiger partial charge on any atom is 0.416 e. The highest BCUT2D eigenvalue weighted by molar-refractivity contribution is 5.82. The Bertz CT molecular complexity index is 372. The van der Waals surface area contributed by atoms with Crippen LogP contribution in [-0.4, -0.2) is 19.5 Å². The van der Waals surface area contributed by atoms with E-state index >= 15 is 0 Å². The van der Waals surface area contributed by atoms with Gasteiger partial charge in [-0.3, -0.25) is 4.79 Å². The van der Waals surface area contributed by atoms with Gasteiger partial charge < -0.3 is 4.74 Å². The second-order valence-electron chi connectivity index (χ2n) is 3.30. The van der Waals surface area contributed by atoms with Gasteiger partial charge >= 0.3 is 6.18 Å². The SMILES string of the molecule is COCC(=O)Cc1ccccc1C(F)(F)F. The zero-order valence-electron chi connectivity index (χ0n) is 8.67. The summed E-state index contributed by atoms with van der Waals surface area (Å²) in [6.07, 6.45) is -4.69. The van der Waals surface area contributed by atoms with E-state index in [1.54, 1.807) is 0 Å². The molecule has 0 saturated carbocycles. The number of ether oxygens (including phenoxy) is 1. The molecule has 2 nitrogen and oxygen atoms in total. The minimum Gasteiger partial charge on any atom is -0.377 e. The first kappa shape index (κ1) is 12.7. The van der Waals surface area contributed by atoms with Crippen LogP contribution >= 0.6 is 0 Å². The lowest BCUT2D eigenvalue weighted by atomic mass is 10.0. The molecule has 0 aliphatic heterocycles. The van der Waals surface area contributed by atoms with Crippen molar-refractivity contribution in [3.63, 3.8) is 0 Å². The molecule has 0 bridgehead atoms. The van der Waals surface area contributed by atoms with Crippen LogP contribution in [0.3, 0.4) is 0 Å². The Kier molecular flexibility index (Phi) is 4.06. The van der Waals surface area contributed by atoms with E-state index in [9.17, 15) is 18.0 Å². The molecule has 1 rings (SSSR count). The van der Waals surface area contributed by atoms with Crippen LogP contribution in [0.5, 0.6) is 0 Å². The Morgan fingerprint density at radius 3 is 2.50 bits per heavy atom. The number of hydrogen-bond donors (Lipinski definition) is 0. The molecule has 0 radical (unpaired) electrons. The van der Waals surface area contributed by atoms with Gasteiger partial charge in [0.25, 0.3) is 0 Å². The normalized spacial score (nSPS) is 11.5. The Balaban J connectivity index is 2.92. The predicted octanol–water partition coefficient (Wildman–Crippen LogP) is 2.46. The topological polar surface area (TPSA) is 26.3 Å². The van der Waals surface area contributed by atoms with Gasteiger partial charge in [0.15, 0.2) is 5.78 Å². The second kappa shape index (κ2) is 5.12. The number of alkyl halides is 3. The Hall–Kier alpha value is -1.36. The highest BCUT2D eigenvalue weighted by atomic mass is 19.4. The highest BCUT2D eigenvalue weighted by Gasteiger charge is 2.33. The molecule has 5 heteroatoms. The molecule has 88 valence electrons. The van der Waals surface area contributed by atoms with E-state index in [2.05, 4.69) is 4.74 Å².